The summed E-state index contributed by atoms with van der Waals surface area (Å²) in [6.45, 7) is 7.60. The van der Waals surface area contributed by atoms with Crippen molar-refractivity contribution < 1.29 is 14.7 Å². The molecular formula is C14H22N2O3S. The summed E-state index contributed by atoms with van der Waals surface area (Å²) in [6, 6.07) is 0. The molecule has 0 aliphatic carbocycles. The lowest BCUT2D eigenvalue weighted by Gasteiger charge is -2.30. The zero-order valence-corrected chi connectivity index (χ0v) is 13.5. The van der Waals surface area contributed by atoms with Crippen LogP contribution in [0.4, 0.5) is 0 Å². The van der Waals surface area contributed by atoms with Gasteiger partial charge in [-0.05, 0) is 19.8 Å². The Morgan fingerprint density at radius 3 is 2.50 bits per heavy atom. The Morgan fingerprint density at radius 2 is 2.10 bits per heavy atom. The molecular weight excluding hydrogens is 276 g/mol. The minimum atomic E-state index is -1.04. The standard InChI is InChI=1S/C14H22N2O3S/c1-9(2)14(4,13(18)19)6-12(17)16(5)7-11-8-20-10(3)15-11/h8-9H,6-7H2,1-5H3,(H,18,19). The third-order valence-electron chi connectivity index (χ3n) is 3.77. The number of hydrogen-bond acceptors (Lipinski definition) is 4. The van der Waals surface area contributed by atoms with Gasteiger partial charge in [-0.1, -0.05) is 13.8 Å². The number of carboxylic acids is 1. The largest absolute Gasteiger partial charge is 0.481 e. The summed E-state index contributed by atoms with van der Waals surface area (Å²) in [5, 5.41) is 12.2. The van der Waals surface area contributed by atoms with Gasteiger partial charge in [0.15, 0.2) is 0 Å². The zero-order chi connectivity index (χ0) is 15.5. The molecule has 0 aromatic carbocycles. The third-order valence-corrected chi connectivity index (χ3v) is 4.60. The topological polar surface area (TPSA) is 70.5 Å². The molecule has 1 rings (SSSR count). The van der Waals surface area contributed by atoms with Gasteiger partial charge in [0.2, 0.25) is 5.91 Å². The molecule has 20 heavy (non-hydrogen) atoms. The first-order valence-corrected chi connectivity index (χ1v) is 7.43. The highest BCUT2D eigenvalue weighted by molar-refractivity contribution is 7.09. The van der Waals surface area contributed by atoms with E-state index in [1.54, 1.807) is 14.0 Å². The fourth-order valence-electron chi connectivity index (χ4n) is 1.79. The number of hydrogen-bond donors (Lipinski definition) is 1. The van der Waals surface area contributed by atoms with E-state index in [1.807, 2.05) is 26.2 Å². The normalized spacial score (nSPS) is 14.1. The van der Waals surface area contributed by atoms with Crippen LogP contribution in [0.2, 0.25) is 0 Å². The van der Waals surface area contributed by atoms with Crippen LogP contribution in [-0.4, -0.2) is 33.9 Å². The average Bonchev–Trinajstić information content (AvgIpc) is 2.73. The maximum Gasteiger partial charge on any atom is 0.310 e. The van der Waals surface area contributed by atoms with Crippen LogP contribution in [0.1, 0.15) is 37.9 Å². The molecule has 0 spiro atoms. The molecule has 1 N–H and O–H groups in total. The number of aromatic nitrogens is 1. The van der Waals surface area contributed by atoms with Crippen molar-refractivity contribution in [2.24, 2.45) is 11.3 Å². The zero-order valence-electron chi connectivity index (χ0n) is 12.6. The van der Waals surface area contributed by atoms with Crippen LogP contribution in [0.25, 0.3) is 0 Å². The van der Waals surface area contributed by atoms with Crippen molar-refractivity contribution in [3.05, 3.63) is 16.1 Å². The number of aryl methyl sites for hydroxylation is 1. The summed E-state index contributed by atoms with van der Waals surface area (Å²) >= 11 is 1.54. The first-order chi connectivity index (χ1) is 9.16. The van der Waals surface area contributed by atoms with Gasteiger partial charge < -0.3 is 10.0 Å². The van der Waals surface area contributed by atoms with Gasteiger partial charge >= 0.3 is 5.97 Å². The molecule has 112 valence electrons. The minimum Gasteiger partial charge on any atom is -0.481 e. The van der Waals surface area contributed by atoms with Gasteiger partial charge in [0, 0.05) is 18.8 Å². The van der Waals surface area contributed by atoms with Crippen LogP contribution < -0.4 is 0 Å². The summed E-state index contributed by atoms with van der Waals surface area (Å²) in [4.78, 5) is 29.5. The molecule has 0 aliphatic rings. The number of amides is 1. The number of carbonyl (C=O) groups is 2. The number of thiazole rings is 1. The lowest BCUT2D eigenvalue weighted by molar-refractivity contribution is -0.155. The van der Waals surface area contributed by atoms with E-state index in [9.17, 15) is 14.7 Å². The van der Waals surface area contributed by atoms with Gasteiger partial charge in [0.25, 0.3) is 0 Å². The van der Waals surface area contributed by atoms with Gasteiger partial charge in [-0.25, -0.2) is 4.98 Å². The van der Waals surface area contributed by atoms with E-state index < -0.39 is 11.4 Å². The molecule has 1 aromatic heterocycles. The summed E-state index contributed by atoms with van der Waals surface area (Å²) < 4.78 is 0. The average molecular weight is 298 g/mol. The van der Waals surface area contributed by atoms with Crippen LogP contribution >= 0.6 is 11.3 Å². The predicted octanol–water partition coefficient (Wildman–Crippen LogP) is 2.55. The molecule has 1 atom stereocenters. The third kappa shape index (κ3) is 3.79. The molecule has 6 heteroatoms. The SMILES string of the molecule is Cc1nc(CN(C)C(=O)CC(C)(C(=O)O)C(C)C)cs1. The molecule has 1 unspecified atom stereocenters. The Morgan fingerprint density at radius 1 is 1.50 bits per heavy atom. The van der Waals surface area contributed by atoms with Crippen LogP contribution in [-0.2, 0) is 16.1 Å². The van der Waals surface area contributed by atoms with Gasteiger partial charge in [-0.15, -0.1) is 11.3 Å². The second kappa shape index (κ2) is 6.35. The summed E-state index contributed by atoms with van der Waals surface area (Å²) in [5.74, 6) is -1.22. The monoisotopic (exact) mass is 298 g/mol. The fraction of sp³-hybridized carbons (Fsp3) is 0.643. The van der Waals surface area contributed by atoms with Crippen molar-refractivity contribution in [2.75, 3.05) is 7.05 Å². The van der Waals surface area contributed by atoms with Crippen molar-refractivity contribution >= 4 is 23.2 Å². The predicted molar refractivity (Wildman–Crippen MR) is 78.5 cm³/mol. The Balaban J connectivity index is 2.72. The highest BCUT2D eigenvalue weighted by atomic mass is 32.1. The molecule has 1 aromatic rings. The van der Waals surface area contributed by atoms with Gasteiger partial charge in [0.05, 0.1) is 22.7 Å². The molecule has 1 amide bonds. The van der Waals surface area contributed by atoms with Crippen LogP contribution in [0.3, 0.4) is 0 Å². The Bertz CT molecular complexity index is 498. The van der Waals surface area contributed by atoms with Gasteiger partial charge in [-0.2, -0.15) is 0 Å². The lowest BCUT2D eigenvalue weighted by atomic mass is 9.76. The van der Waals surface area contributed by atoms with E-state index in [0.717, 1.165) is 10.7 Å². The summed E-state index contributed by atoms with van der Waals surface area (Å²) in [5.41, 5.74) is -0.200. The summed E-state index contributed by atoms with van der Waals surface area (Å²) in [6.07, 6.45) is -0.000378. The van der Waals surface area contributed by atoms with E-state index in [1.165, 1.54) is 16.2 Å². The number of carboxylic acid groups (broad SMARTS) is 1. The minimum absolute atomic E-state index is 0.000378. The smallest absolute Gasteiger partial charge is 0.310 e. The maximum atomic E-state index is 12.2. The van der Waals surface area contributed by atoms with Crippen molar-refractivity contribution in [3.63, 3.8) is 0 Å². The van der Waals surface area contributed by atoms with E-state index in [-0.39, 0.29) is 18.2 Å². The number of rotatable bonds is 6. The molecule has 0 radical (unpaired) electrons. The maximum absolute atomic E-state index is 12.2. The first kappa shape index (κ1) is 16.6. The highest BCUT2D eigenvalue weighted by Gasteiger charge is 2.39. The van der Waals surface area contributed by atoms with Gasteiger partial charge in [0.1, 0.15) is 0 Å². The van der Waals surface area contributed by atoms with E-state index in [0.29, 0.717) is 6.54 Å². The lowest BCUT2D eigenvalue weighted by Crippen LogP contribution is -2.39. The molecule has 0 fully saturated rings. The Hall–Kier alpha value is -1.43. The van der Waals surface area contributed by atoms with Crippen molar-refractivity contribution in [3.8, 4) is 0 Å². The van der Waals surface area contributed by atoms with Gasteiger partial charge in [-0.3, -0.25) is 9.59 Å². The van der Waals surface area contributed by atoms with Crippen LogP contribution in [0.15, 0.2) is 5.38 Å². The Labute approximate surface area is 123 Å². The van der Waals surface area contributed by atoms with E-state index >= 15 is 0 Å². The second-order valence-corrected chi connectivity index (χ2v) is 6.72. The Kier molecular flexibility index (Phi) is 5.28. The molecule has 0 saturated carbocycles. The number of nitrogens with zero attached hydrogens (tertiary/aromatic N) is 2. The van der Waals surface area contributed by atoms with Crippen molar-refractivity contribution in [2.45, 2.75) is 40.7 Å². The van der Waals surface area contributed by atoms with Crippen LogP contribution in [0, 0.1) is 18.3 Å². The van der Waals surface area contributed by atoms with Crippen LogP contribution in [0.5, 0.6) is 0 Å². The molecule has 1 heterocycles. The number of carbonyl (C=O) groups excluding carboxylic acids is 1. The molecule has 0 aliphatic heterocycles. The second-order valence-electron chi connectivity index (χ2n) is 5.66. The molecule has 5 nitrogen and oxygen atoms in total. The van der Waals surface area contributed by atoms with E-state index in [2.05, 4.69) is 4.98 Å². The van der Waals surface area contributed by atoms with Crippen molar-refractivity contribution in [1.82, 2.24) is 9.88 Å². The quantitative estimate of drug-likeness (QED) is 0.876. The summed E-state index contributed by atoms with van der Waals surface area (Å²) in [7, 11) is 1.68. The van der Waals surface area contributed by atoms with E-state index in [4.69, 9.17) is 0 Å². The number of aliphatic carboxylic acids is 1. The highest BCUT2D eigenvalue weighted by Crippen LogP contribution is 2.32. The molecule has 0 bridgehead atoms. The van der Waals surface area contributed by atoms with Crippen molar-refractivity contribution in [1.29, 1.82) is 0 Å². The fourth-order valence-corrected chi connectivity index (χ4v) is 2.39. The first-order valence-electron chi connectivity index (χ1n) is 6.55. The molecule has 0 saturated heterocycles.